The molecular formula is C16H17ClN6O2S2. The molecule has 0 amide bonds. The molecule has 0 radical (unpaired) electrons. The molecule has 142 valence electrons. The maximum Gasteiger partial charge on any atom is 0.252 e. The predicted molar refractivity (Wildman–Crippen MR) is 104 cm³/mol. The van der Waals surface area contributed by atoms with Crippen molar-refractivity contribution in [3.63, 3.8) is 0 Å². The fourth-order valence-electron chi connectivity index (χ4n) is 2.95. The van der Waals surface area contributed by atoms with Gasteiger partial charge in [-0.3, -0.25) is 4.57 Å². The van der Waals surface area contributed by atoms with E-state index >= 15 is 0 Å². The maximum atomic E-state index is 12.7. The molecule has 0 aromatic carbocycles. The number of hydrogen-bond donors (Lipinski definition) is 0. The van der Waals surface area contributed by atoms with E-state index in [-0.39, 0.29) is 4.21 Å². The van der Waals surface area contributed by atoms with E-state index in [2.05, 4.69) is 19.9 Å². The normalized spacial score (nSPS) is 16.0. The highest BCUT2D eigenvalue weighted by Gasteiger charge is 2.30. The molecule has 4 rings (SSSR count). The van der Waals surface area contributed by atoms with E-state index in [9.17, 15) is 8.42 Å². The second-order valence-electron chi connectivity index (χ2n) is 6.05. The van der Waals surface area contributed by atoms with Crippen LogP contribution in [0.15, 0.2) is 41.1 Å². The summed E-state index contributed by atoms with van der Waals surface area (Å²) in [6.45, 7) is 3.73. The number of aryl methyl sites for hydroxylation is 1. The smallest absolute Gasteiger partial charge is 0.252 e. The lowest BCUT2D eigenvalue weighted by Gasteiger charge is -2.34. The van der Waals surface area contributed by atoms with E-state index in [1.807, 2.05) is 23.8 Å². The van der Waals surface area contributed by atoms with Crippen LogP contribution in [0.2, 0.25) is 4.34 Å². The van der Waals surface area contributed by atoms with Gasteiger partial charge in [0.05, 0.1) is 4.34 Å². The van der Waals surface area contributed by atoms with E-state index in [1.165, 1.54) is 4.31 Å². The van der Waals surface area contributed by atoms with E-state index in [4.69, 9.17) is 11.6 Å². The summed E-state index contributed by atoms with van der Waals surface area (Å²) in [5.74, 6) is 2.17. The van der Waals surface area contributed by atoms with Gasteiger partial charge in [0.1, 0.15) is 28.0 Å². The first kappa shape index (κ1) is 18.4. The molecule has 0 unspecified atom stereocenters. The first-order chi connectivity index (χ1) is 12.9. The van der Waals surface area contributed by atoms with Gasteiger partial charge in [0.25, 0.3) is 10.0 Å². The van der Waals surface area contributed by atoms with Crippen molar-refractivity contribution in [2.45, 2.75) is 11.1 Å². The molecule has 3 aromatic heterocycles. The number of rotatable bonds is 4. The van der Waals surface area contributed by atoms with Crippen LogP contribution < -0.4 is 4.90 Å². The molecule has 0 spiro atoms. The van der Waals surface area contributed by atoms with Crippen molar-refractivity contribution in [3.05, 3.63) is 47.1 Å². The Hall–Kier alpha value is -2.01. The molecule has 0 aliphatic carbocycles. The van der Waals surface area contributed by atoms with Gasteiger partial charge in [0.2, 0.25) is 0 Å². The van der Waals surface area contributed by atoms with Gasteiger partial charge in [-0.25, -0.2) is 23.4 Å². The Balaban J connectivity index is 1.51. The molecule has 0 atom stereocenters. The Kier molecular flexibility index (Phi) is 4.89. The number of anilines is 1. The first-order valence-corrected chi connectivity index (χ1v) is 10.9. The zero-order chi connectivity index (χ0) is 19.0. The molecule has 1 saturated heterocycles. The van der Waals surface area contributed by atoms with Crippen LogP contribution >= 0.6 is 22.9 Å². The van der Waals surface area contributed by atoms with Gasteiger partial charge in [-0.1, -0.05) is 11.6 Å². The Bertz CT molecular complexity index is 1040. The van der Waals surface area contributed by atoms with Gasteiger partial charge >= 0.3 is 0 Å². The van der Waals surface area contributed by atoms with Crippen LogP contribution in [-0.2, 0) is 10.0 Å². The van der Waals surface area contributed by atoms with Crippen LogP contribution in [0.1, 0.15) is 5.82 Å². The van der Waals surface area contributed by atoms with Gasteiger partial charge in [0, 0.05) is 44.6 Å². The lowest BCUT2D eigenvalue weighted by atomic mass is 10.3. The quantitative estimate of drug-likeness (QED) is 0.638. The molecule has 27 heavy (non-hydrogen) atoms. The molecule has 1 aliphatic heterocycles. The molecule has 0 bridgehead atoms. The SMILES string of the molecule is Cc1nc(N2CCN(S(=O)(=O)c3ccc(Cl)s3)CC2)cc(-n2ccnc2)n1. The number of halogens is 1. The molecule has 0 saturated carbocycles. The Morgan fingerprint density at radius 1 is 1.11 bits per heavy atom. The van der Waals surface area contributed by atoms with Gasteiger partial charge in [-0.05, 0) is 19.1 Å². The summed E-state index contributed by atoms with van der Waals surface area (Å²) < 4.78 is 29.5. The highest BCUT2D eigenvalue weighted by molar-refractivity contribution is 7.91. The highest BCUT2D eigenvalue weighted by atomic mass is 35.5. The number of piperazine rings is 1. The summed E-state index contributed by atoms with van der Waals surface area (Å²) in [5.41, 5.74) is 0. The van der Waals surface area contributed by atoms with Gasteiger partial charge in [0.15, 0.2) is 0 Å². The summed E-state index contributed by atoms with van der Waals surface area (Å²) >= 11 is 6.97. The van der Waals surface area contributed by atoms with Crippen molar-refractivity contribution in [3.8, 4) is 5.82 Å². The summed E-state index contributed by atoms with van der Waals surface area (Å²) in [6, 6.07) is 5.05. The summed E-state index contributed by atoms with van der Waals surface area (Å²) in [4.78, 5) is 15.1. The first-order valence-electron chi connectivity index (χ1n) is 8.28. The number of thiophene rings is 1. The highest BCUT2D eigenvalue weighted by Crippen LogP contribution is 2.29. The van der Waals surface area contributed by atoms with E-state index in [0.29, 0.717) is 36.3 Å². The number of imidazole rings is 1. The molecule has 11 heteroatoms. The van der Waals surface area contributed by atoms with Gasteiger partial charge < -0.3 is 4.90 Å². The summed E-state index contributed by atoms with van der Waals surface area (Å²) in [6.07, 6.45) is 5.20. The van der Waals surface area contributed by atoms with Crippen molar-refractivity contribution in [2.24, 2.45) is 0 Å². The van der Waals surface area contributed by atoms with Crippen LogP contribution in [0, 0.1) is 6.92 Å². The largest absolute Gasteiger partial charge is 0.354 e. The average molecular weight is 425 g/mol. The lowest BCUT2D eigenvalue weighted by Crippen LogP contribution is -2.48. The fourth-order valence-corrected chi connectivity index (χ4v) is 6.01. The average Bonchev–Trinajstić information content (AvgIpc) is 3.33. The monoisotopic (exact) mass is 424 g/mol. The van der Waals surface area contributed by atoms with Crippen LogP contribution in [0.25, 0.3) is 5.82 Å². The summed E-state index contributed by atoms with van der Waals surface area (Å²) in [5, 5.41) is 0. The Morgan fingerprint density at radius 3 is 2.48 bits per heavy atom. The fraction of sp³-hybridized carbons (Fsp3) is 0.312. The van der Waals surface area contributed by atoms with Gasteiger partial charge in [-0.2, -0.15) is 4.31 Å². The second kappa shape index (κ2) is 7.19. The Labute approximate surface area is 166 Å². The van der Waals surface area contributed by atoms with Gasteiger partial charge in [-0.15, -0.1) is 11.3 Å². The molecule has 1 aliphatic rings. The minimum atomic E-state index is -3.50. The standard InChI is InChI=1S/C16H17ClN6O2S2/c1-12-19-14(10-15(20-12)22-5-4-18-11-22)21-6-8-23(9-7-21)27(24,25)16-3-2-13(17)26-16/h2-5,10-11H,6-9H2,1H3. The molecule has 4 heterocycles. The molecule has 3 aromatic rings. The van der Waals surface area contributed by atoms with Crippen molar-refractivity contribution in [2.75, 3.05) is 31.1 Å². The van der Waals surface area contributed by atoms with Crippen LogP contribution in [0.3, 0.4) is 0 Å². The third-order valence-corrected chi connectivity index (χ3v) is 7.88. The molecule has 8 nitrogen and oxygen atoms in total. The number of hydrogen-bond acceptors (Lipinski definition) is 7. The predicted octanol–water partition coefficient (Wildman–Crippen LogP) is 2.20. The Morgan fingerprint density at radius 2 is 1.85 bits per heavy atom. The van der Waals surface area contributed by atoms with Crippen LogP contribution in [0.5, 0.6) is 0 Å². The third-order valence-electron chi connectivity index (χ3n) is 4.29. The minimum absolute atomic E-state index is 0.279. The minimum Gasteiger partial charge on any atom is -0.354 e. The zero-order valence-corrected chi connectivity index (χ0v) is 16.9. The van der Waals surface area contributed by atoms with Crippen LogP contribution in [0.4, 0.5) is 5.82 Å². The number of nitrogens with zero attached hydrogens (tertiary/aromatic N) is 6. The van der Waals surface area contributed by atoms with Crippen molar-refractivity contribution in [1.82, 2.24) is 23.8 Å². The summed E-state index contributed by atoms with van der Waals surface area (Å²) in [7, 11) is -3.50. The molecule has 0 N–H and O–H groups in total. The lowest BCUT2D eigenvalue weighted by molar-refractivity contribution is 0.384. The molecular weight excluding hydrogens is 408 g/mol. The maximum absolute atomic E-state index is 12.7. The van der Waals surface area contributed by atoms with E-state index in [0.717, 1.165) is 23.0 Å². The van der Waals surface area contributed by atoms with Crippen LogP contribution in [-0.4, -0.2) is 58.4 Å². The van der Waals surface area contributed by atoms with E-state index in [1.54, 1.807) is 24.7 Å². The van der Waals surface area contributed by atoms with Crippen molar-refractivity contribution < 1.29 is 8.42 Å². The third kappa shape index (κ3) is 3.70. The zero-order valence-electron chi connectivity index (χ0n) is 14.5. The van der Waals surface area contributed by atoms with Crippen molar-refractivity contribution >= 4 is 38.8 Å². The molecule has 1 fully saturated rings. The topological polar surface area (TPSA) is 84.2 Å². The number of aromatic nitrogens is 4. The number of sulfonamides is 1. The van der Waals surface area contributed by atoms with Crippen molar-refractivity contribution in [1.29, 1.82) is 0 Å². The second-order valence-corrected chi connectivity index (χ2v) is 9.93. The van der Waals surface area contributed by atoms with E-state index < -0.39 is 10.0 Å².